The molecule has 0 aliphatic rings. The topological polar surface area (TPSA) is 92.4 Å². The number of primary amides is 1. The van der Waals surface area contributed by atoms with Gasteiger partial charge in [-0.05, 0) is 12.8 Å². The number of amides is 1. The molecular formula is C8H14N2O3. The number of carbonyl (C=O) groups excluding carboxylic acids is 1. The first-order valence-corrected chi connectivity index (χ1v) is 4.04. The Bertz CT molecular complexity index is 202. The number of unbranched alkanes of at least 4 members (excludes halogenated alkanes) is 1. The van der Waals surface area contributed by atoms with Crippen LogP contribution in [-0.2, 0) is 9.59 Å². The Kier molecular flexibility index (Phi) is 6.31. The maximum Gasteiger partial charge on any atom is 0.329 e. The average molecular weight is 186 g/mol. The lowest BCUT2D eigenvalue weighted by Crippen LogP contribution is -2.12. The quantitative estimate of drug-likeness (QED) is 0.380. The summed E-state index contributed by atoms with van der Waals surface area (Å²) in [6.07, 6.45) is 4.29. The average Bonchev–Trinajstić information content (AvgIpc) is 2.01. The lowest BCUT2D eigenvalue weighted by Gasteiger charge is -1.98. The van der Waals surface area contributed by atoms with Crippen molar-refractivity contribution in [1.82, 2.24) is 5.32 Å². The van der Waals surface area contributed by atoms with E-state index in [4.69, 9.17) is 10.8 Å². The minimum atomic E-state index is -0.982. The summed E-state index contributed by atoms with van der Waals surface area (Å²) in [5.74, 6) is -1.29. The summed E-state index contributed by atoms with van der Waals surface area (Å²) in [7, 11) is 0. The second-order valence-electron chi connectivity index (χ2n) is 2.55. The molecule has 5 nitrogen and oxygen atoms in total. The van der Waals surface area contributed by atoms with Gasteiger partial charge in [-0.3, -0.25) is 4.79 Å². The van der Waals surface area contributed by atoms with E-state index in [1.807, 2.05) is 0 Å². The number of carbonyl (C=O) groups is 2. The van der Waals surface area contributed by atoms with Crippen LogP contribution in [0.15, 0.2) is 12.3 Å². The van der Waals surface area contributed by atoms with Gasteiger partial charge in [0, 0.05) is 25.2 Å². The zero-order valence-corrected chi connectivity index (χ0v) is 7.32. The van der Waals surface area contributed by atoms with Crippen molar-refractivity contribution in [3.05, 3.63) is 12.3 Å². The molecule has 0 heterocycles. The molecule has 0 aromatic rings. The largest absolute Gasteiger partial charge is 0.478 e. The van der Waals surface area contributed by atoms with Crippen molar-refractivity contribution in [1.29, 1.82) is 0 Å². The van der Waals surface area contributed by atoms with E-state index in [1.165, 1.54) is 6.20 Å². The highest BCUT2D eigenvalue weighted by Crippen LogP contribution is 1.91. The fraction of sp³-hybridized carbons (Fsp3) is 0.500. The molecule has 5 heteroatoms. The molecule has 0 saturated heterocycles. The van der Waals surface area contributed by atoms with E-state index in [-0.39, 0.29) is 5.91 Å². The van der Waals surface area contributed by atoms with E-state index in [1.54, 1.807) is 0 Å². The van der Waals surface area contributed by atoms with Crippen molar-refractivity contribution >= 4 is 11.9 Å². The predicted octanol–water partition coefficient (Wildman–Crippen LogP) is -0.170. The summed E-state index contributed by atoms with van der Waals surface area (Å²) in [5.41, 5.74) is 4.92. The van der Waals surface area contributed by atoms with Crippen molar-refractivity contribution in [2.45, 2.75) is 19.3 Å². The Morgan fingerprint density at radius 3 is 2.62 bits per heavy atom. The number of rotatable bonds is 7. The number of hydrogen-bond donors (Lipinski definition) is 3. The molecule has 4 N–H and O–H groups in total. The molecule has 0 aromatic carbocycles. The van der Waals surface area contributed by atoms with Crippen molar-refractivity contribution in [3.8, 4) is 0 Å². The molecule has 0 bridgehead atoms. The molecule has 0 aliphatic heterocycles. The Balaban J connectivity index is 3.17. The van der Waals surface area contributed by atoms with Crippen molar-refractivity contribution < 1.29 is 14.7 Å². The van der Waals surface area contributed by atoms with Gasteiger partial charge in [0.1, 0.15) is 0 Å². The number of aliphatic carboxylic acids is 1. The molecule has 0 atom stereocenters. The van der Waals surface area contributed by atoms with Gasteiger partial charge in [0.25, 0.3) is 0 Å². The monoisotopic (exact) mass is 186 g/mol. The van der Waals surface area contributed by atoms with Crippen LogP contribution in [-0.4, -0.2) is 23.5 Å². The van der Waals surface area contributed by atoms with Crippen molar-refractivity contribution in [2.24, 2.45) is 5.73 Å². The van der Waals surface area contributed by atoms with E-state index in [2.05, 4.69) is 5.32 Å². The number of carboxylic acid groups (broad SMARTS) is 1. The van der Waals surface area contributed by atoms with Crippen LogP contribution in [0.4, 0.5) is 0 Å². The summed E-state index contributed by atoms with van der Waals surface area (Å²) in [6, 6.07) is 0. The van der Waals surface area contributed by atoms with Gasteiger partial charge in [-0.25, -0.2) is 4.79 Å². The highest BCUT2D eigenvalue weighted by Gasteiger charge is 1.92. The third-order valence-electron chi connectivity index (χ3n) is 1.34. The highest BCUT2D eigenvalue weighted by atomic mass is 16.4. The molecule has 0 radical (unpaired) electrons. The zero-order valence-electron chi connectivity index (χ0n) is 7.32. The van der Waals surface area contributed by atoms with Gasteiger partial charge < -0.3 is 16.2 Å². The molecule has 1 amide bonds. The minimum Gasteiger partial charge on any atom is -0.478 e. The molecule has 0 aliphatic carbocycles. The Hall–Kier alpha value is -1.52. The third-order valence-corrected chi connectivity index (χ3v) is 1.34. The Morgan fingerprint density at radius 2 is 2.08 bits per heavy atom. The van der Waals surface area contributed by atoms with E-state index < -0.39 is 5.97 Å². The standard InChI is InChI=1S/C8H14N2O3/c9-7(11)3-1-2-5-10-6-4-8(12)13/h4,6,10H,1-3,5H2,(H2,9,11)(H,12,13)/b6-4+. The molecule has 0 saturated carbocycles. The molecule has 0 spiro atoms. The first-order chi connectivity index (χ1) is 6.13. The summed E-state index contributed by atoms with van der Waals surface area (Å²) in [4.78, 5) is 20.3. The Labute approximate surface area is 76.6 Å². The summed E-state index contributed by atoms with van der Waals surface area (Å²) in [6.45, 7) is 0.650. The van der Waals surface area contributed by atoms with Crippen molar-refractivity contribution in [3.63, 3.8) is 0 Å². The van der Waals surface area contributed by atoms with E-state index in [0.717, 1.165) is 18.9 Å². The number of hydrogen-bond acceptors (Lipinski definition) is 3. The van der Waals surface area contributed by atoms with Crippen LogP contribution in [0.5, 0.6) is 0 Å². The lowest BCUT2D eigenvalue weighted by atomic mass is 10.2. The van der Waals surface area contributed by atoms with Crippen LogP contribution in [0, 0.1) is 0 Å². The molecule has 13 heavy (non-hydrogen) atoms. The fourth-order valence-electron chi connectivity index (χ4n) is 0.740. The number of nitrogens with one attached hydrogen (secondary N) is 1. The van der Waals surface area contributed by atoms with Gasteiger partial charge >= 0.3 is 5.97 Å². The van der Waals surface area contributed by atoms with Gasteiger partial charge in [0.2, 0.25) is 5.91 Å². The maximum absolute atomic E-state index is 10.3. The van der Waals surface area contributed by atoms with Gasteiger partial charge in [0.05, 0.1) is 0 Å². The SMILES string of the molecule is NC(=O)CCCCN/C=C/C(=O)O. The molecular weight excluding hydrogens is 172 g/mol. The molecule has 74 valence electrons. The minimum absolute atomic E-state index is 0.305. The smallest absolute Gasteiger partial charge is 0.329 e. The van der Waals surface area contributed by atoms with Crippen LogP contribution in [0.1, 0.15) is 19.3 Å². The van der Waals surface area contributed by atoms with Crippen LogP contribution < -0.4 is 11.1 Å². The van der Waals surface area contributed by atoms with Gasteiger partial charge in [-0.1, -0.05) is 0 Å². The number of nitrogens with two attached hydrogens (primary N) is 1. The maximum atomic E-state index is 10.3. The first kappa shape index (κ1) is 11.5. The van der Waals surface area contributed by atoms with Gasteiger partial charge in [0.15, 0.2) is 0 Å². The molecule has 0 rings (SSSR count). The summed E-state index contributed by atoms with van der Waals surface area (Å²) < 4.78 is 0. The molecule has 0 aromatic heterocycles. The molecule has 0 fully saturated rings. The first-order valence-electron chi connectivity index (χ1n) is 4.04. The third kappa shape index (κ3) is 10.5. The normalized spacial score (nSPS) is 10.2. The van der Waals surface area contributed by atoms with Crippen LogP contribution in [0.25, 0.3) is 0 Å². The van der Waals surface area contributed by atoms with Crippen LogP contribution in [0.3, 0.4) is 0 Å². The predicted molar refractivity (Wildman–Crippen MR) is 47.8 cm³/mol. The van der Waals surface area contributed by atoms with Crippen LogP contribution in [0.2, 0.25) is 0 Å². The van der Waals surface area contributed by atoms with Crippen LogP contribution >= 0.6 is 0 Å². The van der Waals surface area contributed by atoms with E-state index in [9.17, 15) is 9.59 Å². The van der Waals surface area contributed by atoms with E-state index >= 15 is 0 Å². The molecule has 0 unspecified atom stereocenters. The lowest BCUT2D eigenvalue weighted by molar-refractivity contribution is -0.131. The Morgan fingerprint density at radius 1 is 1.38 bits per heavy atom. The van der Waals surface area contributed by atoms with Gasteiger partial charge in [-0.2, -0.15) is 0 Å². The fourth-order valence-corrected chi connectivity index (χ4v) is 0.740. The zero-order chi connectivity index (χ0) is 10.1. The summed E-state index contributed by atoms with van der Waals surface area (Å²) >= 11 is 0. The number of carboxylic acids is 1. The second-order valence-corrected chi connectivity index (χ2v) is 2.55. The van der Waals surface area contributed by atoms with Gasteiger partial charge in [-0.15, -0.1) is 0 Å². The van der Waals surface area contributed by atoms with E-state index in [0.29, 0.717) is 13.0 Å². The van der Waals surface area contributed by atoms with Crippen molar-refractivity contribution in [2.75, 3.05) is 6.54 Å². The second kappa shape index (κ2) is 7.15. The highest BCUT2D eigenvalue weighted by molar-refractivity contribution is 5.79. The summed E-state index contributed by atoms with van der Waals surface area (Å²) in [5, 5.41) is 11.0.